The Bertz CT molecular complexity index is 3240. The monoisotopic (exact) mass is 1690 g/mol. The molecule has 0 aromatic carbocycles. The molecule has 2 aliphatic heterocycles. The maximum absolute atomic E-state index is 12.4. The molecule has 702 valence electrons. The summed E-state index contributed by atoms with van der Waals surface area (Å²) in [7, 11) is 6.23. The van der Waals surface area contributed by atoms with E-state index in [1.165, 1.54) is 77.0 Å². The Balaban J connectivity index is 0.000000306. The fourth-order valence-corrected chi connectivity index (χ4v) is 25.3. The second-order valence-corrected chi connectivity index (χ2v) is 50.4. The lowest BCUT2D eigenvalue weighted by atomic mass is 9.54. The predicted octanol–water partition coefficient (Wildman–Crippen LogP) is 23.6. The maximum Gasteiger partial charge on any atom is 0.234 e. The van der Waals surface area contributed by atoms with Crippen LogP contribution in [0.4, 0.5) is 0 Å². The molecule has 16 heteroatoms. The van der Waals surface area contributed by atoms with E-state index in [9.17, 15) is 33.6 Å². The van der Waals surface area contributed by atoms with Gasteiger partial charge in [-0.25, -0.2) is 0 Å². The maximum atomic E-state index is 12.4. The summed E-state index contributed by atoms with van der Waals surface area (Å²) >= 11 is 0. The molecular weight excluding hydrogens is 1500 g/mol. The predicted molar refractivity (Wildman–Crippen MR) is 507 cm³/mol. The van der Waals surface area contributed by atoms with E-state index in [1.807, 2.05) is 26.8 Å². The summed E-state index contributed by atoms with van der Waals surface area (Å²) in [6, 6.07) is 4.34. The van der Waals surface area contributed by atoms with Crippen molar-refractivity contribution < 1.29 is 33.6 Å². The summed E-state index contributed by atoms with van der Waals surface area (Å²) in [5.41, 5.74) is 4.18. The summed E-state index contributed by atoms with van der Waals surface area (Å²) in [4.78, 5) is 89.1. The van der Waals surface area contributed by atoms with Crippen molar-refractivity contribution in [3.63, 3.8) is 0 Å². The molecule has 9 aliphatic rings. The molecule has 16 nitrogen and oxygen atoms in total. The Morgan fingerprint density at radius 2 is 0.653 bits per heavy atom. The zero-order chi connectivity index (χ0) is 93.0. The second kappa shape index (κ2) is 42.8. The number of carbonyl (C=O) groups excluding carboxylic acids is 7. The van der Waals surface area contributed by atoms with Crippen LogP contribution in [-0.2, 0) is 33.6 Å². The smallest absolute Gasteiger partial charge is 0.234 e. The van der Waals surface area contributed by atoms with Gasteiger partial charge in [-0.2, -0.15) is 5.26 Å². The highest BCUT2D eigenvalue weighted by Gasteiger charge is 2.54. The number of amides is 7. The third-order valence-corrected chi connectivity index (χ3v) is 35.2. The van der Waals surface area contributed by atoms with E-state index >= 15 is 0 Å². The highest BCUT2D eigenvalue weighted by molar-refractivity contribution is 5.89. The lowest BCUT2D eigenvalue weighted by Gasteiger charge is -2.53. The van der Waals surface area contributed by atoms with Crippen molar-refractivity contribution in [3.05, 3.63) is 0 Å². The van der Waals surface area contributed by atoms with Gasteiger partial charge in [0.1, 0.15) is 6.42 Å². The highest BCUT2D eigenvalue weighted by atomic mass is 16.2. The van der Waals surface area contributed by atoms with Crippen LogP contribution in [0.15, 0.2) is 0 Å². The number of nitrogens with zero attached hydrogens (tertiary/aromatic N) is 4. The van der Waals surface area contributed by atoms with Gasteiger partial charge in [-0.3, -0.25) is 33.6 Å². The molecule has 0 bridgehead atoms. The van der Waals surface area contributed by atoms with Crippen LogP contribution >= 0.6 is 0 Å². The lowest BCUT2D eigenvalue weighted by Crippen LogP contribution is -2.57. The van der Waals surface area contributed by atoms with E-state index in [2.05, 4.69) is 260 Å². The largest absolute Gasteiger partial charge is 0.353 e. The van der Waals surface area contributed by atoms with Crippen molar-refractivity contribution in [1.82, 2.24) is 41.3 Å². The van der Waals surface area contributed by atoms with Crippen LogP contribution < -0.4 is 26.6 Å². The number of hydrogen-bond acceptors (Lipinski definition) is 9. The molecule has 2 saturated heterocycles. The van der Waals surface area contributed by atoms with Crippen LogP contribution in [0.25, 0.3) is 0 Å². The van der Waals surface area contributed by atoms with Crippen LogP contribution in [0, 0.1) is 134 Å². The van der Waals surface area contributed by atoms with E-state index in [4.69, 9.17) is 5.26 Å². The van der Waals surface area contributed by atoms with Gasteiger partial charge in [0.2, 0.25) is 41.4 Å². The first-order chi connectivity index (χ1) is 55.1. The summed E-state index contributed by atoms with van der Waals surface area (Å²) in [6.07, 6.45) is 30.9. The molecule has 7 saturated carbocycles. The van der Waals surface area contributed by atoms with Crippen LogP contribution in [0.1, 0.15) is 422 Å². The average Bonchev–Trinajstić information content (AvgIpc) is 1.33. The number of rotatable bonds is 16. The van der Waals surface area contributed by atoms with E-state index in [1.54, 1.807) is 23.8 Å². The van der Waals surface area contributed by atoms with E-state index in [0.717, 1.165) is 102 Å². The standard InChI is InChI=1S/2C19H34N2O2.C18H33NO.C18H35NO.C16H28N2O.C15H31N/c1-13(2)19(18(3,4)5)9-7-15(8-10-19)20-17(23)14-11-16(22)21(6)12-14;1-13(2)19(18(4,5)6)9-7-16(8-10-19)20-17(23)15-11-21(12-15)14(3)22;1-13(2)18(16(3,4)5)9-7-14(8-10-18)19-15(20)17(6)11-12-17;1-13(2)18(17(6,7)8)11-9-14(10-12-18)19-15(20)16(3,4)5;1-12(2)16(15(3,4)5)9-6-13(7-10-16)18-14(19)8-11-17;1-12(2)15(14(3,4)5)10-8-13(9-11-15)16(6)7/h13-15H,7-12H2,1-6H3,(H,20,23);13,15-16H,7-12H2,1-6H3,(H,20,23);13-14H,7-12H2,1-6H3,(H,19,20);13-14H,9-12H2,1-8H3,(H,19,20);12-13H,6-10H2,1-5H3,(H,18,19);12-13H,8-11H2,1-7H3. The third kappa shape index (κ3) is 27.4. The first-order valence-electron chi connectivity index (χ1n) is 49.1. The molecule has 2 heterocycles. The summed E-state index contributed by atoms with van der Waals surface area (Å²) in [5.74, 6) is 4.74. The van der Waals surface area contributed by atoms with Gasteiger partial charge >= 0.3 is 0 Å². The van der Waals surface area contributed by atoms with Gasteiger partial charge < -0.3 is 41.3 Å². The van der Waals surface area contributed by atoms with Crippen LogP contribution in [-0.4, -0.2) is 133 Å². The number of likely N-dealkylation sites (tertiary alicyclic amines) is 2. The van der Waals surface area contributed by atoms with Gasteiger partial charge in [0.15, 0.2) is 0 Å². The van der Waals surface area contributed by atoms with E-state index < -0.39 is 0 Å². The van der Waals surface area contributed by atoms with Gasteiger partial charge in [0.25, 0.3) is 0 Å². The molecule has 9 fully saturated rings. The molecule has 0 aromatic rings. The van der Waals surface area contributed by atoms with Crippen LogP contribution in [0.2, 0.25) is 0 Å². The molecule has 7 amide bonds. The van der Waals surface area contributed by atoms with Gasteiger partial charge in [0, 0.05) is 87.1 Å². The summed E-state index contributed by atoms with van der Waals surface area (Å²) < 4.78 is 0. The average molecular weight is 1700 g/mol. The first-order valence-corrected chi connectivity index (χ1v) is 49.1. The molecular formula is C105H195N9O7. The zero-order valence-corrected chi connectivity index (χ0v) is 86.1. The van der Waals surface area contributed by atoms with Gasteiger partial charge in [-0.15, -0.1) is 0 Å². The van der Waals surface area contributed by atoms with Gasteiger partial charge in [-0.05, 0) is 282 Å². The quantitative estimate of drug-likeness (QED) is 0.0993. The van der Waals surface area contributed by atoms with Crippen molar-refractivity contribution in [2.75, 3.05) is 40.8 Å². The van der Waals surface area contributed by atoms with Crippen molar-refractivity contribution in [2.45, 2.75) is 458 Å². The van der Waals surface area contributed by atoms with Crippen LogP contribution in [0.5, 0.6) is 0 Å². The molecule has 1 atom stereocenters. The highest BCUT2D eigenvalue weighted by Crippen LogP contribution is 2.60. The zero-order valence-electron chi connectivity index (χ0n) is 86.1. The normalized spacial score (nSPS) is 30.6. The number of carbonyl (C=O) groups is 7. The Morgan fingerprint density at radius 1 is 0.397 bits per heavy atom. The Hall–Kier alpha value is -4.26. The van der Waals surface area contributed by atoms with Gasteiger partial charge in [0.05, 0.1) is 17.9 Å². The SMILES string of the molecule is CC(=O)N1CC(C(=O)NC2CCC(C(C)C)(C(C)(C)C)CC2)C1.CC(C)C1(C(C)(C)C)CCC(N(C)C)CC1.CC(C)C1(C(C)(C)C)CCC(NC(=O)C(C)(C)C)CC1.CC(C)C1(C(C)(C)C)CCC(NC(=O)C2(C)CC2)CC1.CC(C)C1(C(C)(C)C)CCC(NC(=O)C2CC(=O)N(C)C2)CC1.CC(C)C1(C(C)(C)C)CCC(NC(=O)CC#N)CC1. The third-order valence-electron chi connectivity index (χ3n) is 35.2. The van der Waals surface area contributed by atoms with E-state index in [0.29, 0.717) is 139 Å². The Labute approximate surface area is 745 Å². The molecule has 9 rings (SSSR count). The molecule has 0 radical (unpaired) electrons. The van der Waals surface area contributed by atoms with Crippen molar-refractivity contribution in [2.24, 2.45) is 123 Å². The molecule has 121 heavy (non-hydrogen) atoms. The molecule has 1 unspecified atom stereocenters. The van der Waals surface area contributed by atoms with Crippen molar-refractivity contribution in [1.29, 1.82) is 5.26 Å². The minimum atomic E-state index is -0.281. The summed E-state index contributed by atoms with van der Waals surface area (Å²) in [5, 5.41) is 24.5. The number of nitriles is 1. The number of nitrogens with one attached hydrogen (secondary N) is 5. The topological polar surface area (TPSA) is 213 Å². The molecule has 0 spiro atoms. The fourth-order valence-electron chi connectivity index (χ4n) is 25.3. The minimum absolute atomic E-state index is 0.00158. The lowest BCUT2D eigenvalue weighted by molar-refractivity contribution is -0.142. The van der Waals surface area contributed by atoms with Gasteiger partial charge in [-0.1, -0.05) is 235 Å². The fraction of sp³-hybridized carbons (Fsp3) is 0.924. The Morgan fingerprint density at radius 3 is 0.876 bits per heavy atom. The first kappa shape index (κ1) is 109. The van der Waals surface area contributed by atoms with E-state index in [-0.39, 0.29) is 82.0 Å². The number of hydrogen-bond donors (Lipinski definition) is 5. The van der Waals surface area contributed by atoms with Crippen molar-refractivity contribution in [3.8, 4) is 6.07 Å². The van der Waals surface area contributed by atoms with Crippen LogP contribution in [0.3, 0.4) is 0 Å². The molecule has 0 aromatic heterocycles. The molecule has 5 N–H and O–H groups in total. The summed E-state index contributed by atoms with van der Waals surface area (Å²) in [6.45, 7) is 82.4. The van der Waals surface area contributed by atoms with Crippen molar-refractivity contribution >= 4 is 41.4 Å². The second-order valence-electron chi connectivity index (χ2n) is 50.4. The molecule has 7 aliphatic carbocycles. The Kier molecular flexibility index (Phi) is 38.6. The minimum Gasteiger partial charge on any atom is -0.353 e.